The molecule has 1 aliphatic rings. The molecule has 1 aliphatic heterocycles. The maximum absolute atomic E-state index is 11.7. The second-order valence-electron chi connectivity index (χ2n) is 6.03. The maximum Gasteiger partial charge on any atom is 0.409 e. The van der Waals surface area contributed by atoms with Crippen LogP contribution in [0.2, 0.25) is 0 Å². The number of rotatable bonds is 7. The molecule has 1 aromatic heterocycles. The summed E-state index contributed by atoms with van der Waals surface area (Å²) in [6.45, 7) is 4.35. The third-order valence-corrected chi connectivity index (χ3v) is 4.18. The van der Waals surface area contributed by atoms with Crippen LogP contribution in [-0.2, 0) is 17.9 Å². The SMILES string of the molecule is CCOC(=O)N1CCC(NCc2nnc(COc3ccccc3)o2)CC1. The average molecular weight is 360 g/mol. The Morgan fingerprint density at radius 1 is 1.23 bits per heavy atom. The number of likely N-dealkylation sites (tertiary alicyclic amines) is 1. The van der Waals surface area contributed by atoms with Gasteiger partial charge in [-0.15, -0.1) is 10.2 Å². The van der Waals surface area contributed by atoms with Crippen LogP contribution in [0, 0.1) is 0 Å². The Morgan fingerprint density at radius 3 is 2.69 bits per heavy atom. The Hall–Kier alpha value is -2.61. The smallest absolute Gasteiger partial charge is 0.409 e. The van der Waals surface area contributed by atoms with Crippen LogP contribution in [0.5, 0.6) is 5.75 Å². The summed E-state index contributed by atoms with van der Waals surface area (Å²) >= 11 is 0. The summed E-state index contributed by atoms with van der Waals surface area (Å²) in [5, 5.41) is 11.4. The molecule has 1 fully saturated rings. The third kappa shape index (κ3) is 5.19. The number of ether oxygens (including phenoxy) is 2. The fraction of sp³-hybridized carbons (Fsp3) is 0.500. The highest BCUT2D eigenvalue weighted by Gasteiger charge is 2.23. The van der Waals surface area contributed by atoms with Gasteiger partial charge in [-0.3, -0.25) is 0 Å². The van der Waals surface area contributed by atoms with Crippen molar-refractivity contribution in [2.24, 2.45) is 0 Å². The average Bonchev–Trinajstić information content (AvgIpc) is 3.14. The van der Waals surface area contributed by atoms with Gasteiger partial charge in [-0.1, -0.05) is 18.2 Å². The number of hydrogen-bond acceptors (Lipinski definition) is 7. The van der Waals surface area contributed by atoms with Gasteiger partial charge < -0.3 is 24.1 Å². The summed E-state index contributed by atoms with van der Waals surface area (Å²) < 4.78 is 16.2. The molecule has 2 heterocycles. The van der Waals surface area contributed by atoms with Gasteiger partial charge in [0.25, 0.3) is 5.89 Å². The minimum absolute atomic E-state index is 0.231. The highest BCUT2D eigenvalue weighted by molar-refractivity contribution is 5.67. The minimum Gasteiger partial charge on any atom is -0.484 e. The van der Waals surface area contributed by atoms with Gasteiger partial charge in [0.15, 0.2) is 6.61 Å². The zero-order chi connectivity index (χ0) is 18.2. The second-order valence-corrected chi connectivity index (χ2v) is 6.03. The lowest BCUT2D eigenvalue weighted by atomic mass is 10.1. The van der Waals surface area contributed by atoms with E-state index in [-0.39, 0.29) is 12.7 Å². The lowest BCUT2D eigenvalue weighted by Crippen LogP contribution is -2.44. The molecule has 3 rings (SSSR count). The van der Waals surface area contributed by atoms with Crippen LogP contribution in [0.4, 0.5) is 4.79 Å². The molecule has 26 heavy (non-hydrogen) atoms. The van der Waals surface area contributed by atoms with Gasteiger partial charge in [-0.25, -0.2) is 4.79 Å². The molecule has 1 N–H and O–H groups in total. The van der Waals surface area contributed by atoms with E-state index in [0.29, 0.717) is 44.1 Å². The Kier molecular flexibility index (Phi) is 6.43. The summed E-state index contributed by atoms with van der Waals surface area (Å²) in [6.07, 6.45) is 1.51. The number of nitrogens with zero attached hydrogens (tertiary/aromatic N) is 3. The largest absolute Gasteiger partial charge is 0.484 e. The third-order valence-electron chi connectivity index (χ3n) is 4.18. The fourth-order valence-electron chi connectivity index (χ4n) is 2.79. The molecule has 8 heteroatoms. The summed E-state index contributed by atoms with van der Waals surface area (Å²) in [6, 6.07) is 9.82. The van der Waals surface area contributed by atoms with Gasteiger partial charge in [0.2, 0.25) is 5.89 Å². The zero-order valence-electron chi connectivity index (χ0n) is 14.9. The molecule has 1 amide bonds. The van der Waals surface area contributed by atoms with Gasteiger partial charge in [0.1, 0.15) is 5.75 Å². The molecule has 0 radical (unpaired) electrons. The molecular formula is C18H24N4O4. The standard InChI is InChI=1S/C18H24N4O4/c1-2-24-18(23)22-10-8-14(9-11-22)19-12-16-20-21-17(26-16)13-25-15-6-4-3-5-7-15/h3-7,14,19H,2,8-13H2,1H3. The number of nitrogens with one attached hydrogen (secondary N) is 1. The highest BCUT2D eigenvalue weighted by atomic mass is 16.6. The Balaban J connectivity index is 1.38. The van der Waals surface area contributed by atoms with Gasteiger partial charge in [-0.2, -0.15) is 0 Å². The summed E-state index contributed by atoms with van der Waals surface area (Å²) in [5.74, 6) is 1.74. The maximum atomic E-state index is 11.7. The summed E-state index contributed by atoms with van der Waals surface area (Å²) in [7, 11) is 0. The molecule has 1 aromatic carbocycles. The summed E-state index contributed by atoms with van der Waals surface area (Å²) in [4.78, 5) is 13.4. The molecule has 8 nitrogen and oxygen atoms in total. The first-order valence-corrected chi connectivity index (χ1v) is 8.88. The van der Waals surface area contributed by atoms with Gasteiger partial charge in [0.05, 0.1) is 13.2 Å². The molecule has 0 saturated carbocycles. The molecule has 1 saturated heterocycles. The van der Waals surface area contributed by atoms with Crippen molar-refractivity contribution in [3.63, 3.8) is 0 Å². The number of para-hydroxylation sites is 1. The lowest BCUT2D eigenvalue weighted by molar-refractivity contribution is 0.0947. The lowest BCUT2D eigenvalue weighted by Gasteiger charge is -2.31. The van der Waals surface area contributed by atoms with E-state index in [9.17, 15) is 4.79 Å². The first kappa shape index (κ1) is 18.2. The van der Waals surface area contributed by atoms with Crippen molar-refractivity contribution in [3.8, 4) is 5.75 Å². The quantitative estimate of drug-likeness (QED) is 0.810. The molecule has 0 aliphatic carbocycles. The van der Waals surface area contributed by atoms with Crippen LogP contribution in [0.1, 0.15) is 31.5 Å². The molecule has 140 valence electrons. The number of carbonyl (C=O) groups excluding carboxylic acids is 1. The van der Waals surface area contributed by atoms with Crippen LogP contribution < -0.4 is 10.1 Å². The Bertz CT molecular complexity index is 684. The molecule has 0 unspecified atom stereocenters. The Morgan fingerprint density at radius 2 is 1.96 bits per heavy atom. The van der Waals surface area contributed by atoms with Gasteiger partial charge >= 0.3 is 6.09 Å². The first-order valence-electron chi connectivity index (χ1n) is 8.88. The number of aromatic nitrogens is 2. The van der Waals surface area contributed by atoms with Crippen molar-refractivity contribution in [1.82, 2.24) is 20.4 Å². The summed E-state index contributed by atoms with van der Waals surface area (Å²) in [5.41, 5.74) is 0. The zero-order valence-corrected chi connectivity index (χ0v) is 14.9. The molecular weight excluding hydrogens is 336 g/mol. The molecule has 0 atom stereocenters. The number of benzene rings is 1. The molecule has 2 aromatic rings. The van der Waals surface area contributed by atoms with Crippen molar-refractivity contribution in [2.75, 3.05) is 19.7 Å². The monoisotopic (exact) mass is 360 g/mol. The van der Waals surface area contributed by atoms with Crippen LogP contribution in [-0.4, -0.2) is 46.9 Å². The number of amides is 1. The van der Waals surface area contributed by atoms with E-state index in [1.54, 1.807) is 4.90 Å². The van der Waals surface area contributed by atoms with Crippen LogP contribution in [0.25, 0.3) is 0 Å². The van der Waals surface area contributed by atoms with Crippen LogP contribution >= 0.6 is 0 Å². The minimum atomic E-state index is -0.231. The number of carbonyl (C=O) groups is 1. The van der Waals surface area contributed by atoms with E-state index in [1.807, 2.05) is 37.3 Å². The number of hydrogen-bond donors (Lipinski definition) is 1. The van der Waals surface area contributed by atoms with E-state index in [4.69, 9.17) is 13.9 Å². The predicted octanol–water partition coefficient (Wildman–Crippen LogP) is 2.36. The van der Waals surface area contributed by atoms with Crippen LogP contribution in [0.15, 0.2) is 34.7 Å². The molecule has 0 spiro atoms. The van der Waals surface area contributed by atoms with Crippen molar-refractivity contribution >= 4 is 6.09 Å². The number of piperidine rings is 1. The normalized spacial score (nSPS) is 15.0. The van der Waals surface area contributed by atoms with Crippen molar-refractivity contribution in [2.45, 2.75) is 39.0 Å². The van der Waals surface area contributed by atoms with Gasteiger partial charge in [-0.05, 0) is 31.9 Å². The van der Waals surface area contributed by atoms with Crippen molar-refractivity contribution in [3.05, 3.63) is 42.1 Å². The van der Waals surface area contributed by atoms with E-state index >= 15 is 0 Å². The topological polar surface area (TPSA) is 89.7 Å². The van der Waals surface area contributed by atoms with Crippen molar-refractivity contribution < 1.29 is 18.7 Å². The fourth-order valence-corrected chi connectivity index (χ4v) is 2.79. The van der Waals surface area contributed by atoms with E-state index in [0.717, 1.165) is 18.6 Å². The van der Waals surface area contributed by atoms with E-state index < -0.39 is 0 Å². The second kappa shape index (κ2) is 9.19. The van der Waals surface area contributed by atoms with Gasteiger partial charge in [0, 0.05) is 19.1 Å². The Labute approximate surface area is 152 Å². The van der Waals surface area contributed by atoms with E-state index in [1.165, 1.54) is 0 Å². The highest BCUT2D eigenvalue weighted by Crippen LogP contribution is 2.13. The molecule has 0 bridgehead atoms. The van der Waals surface area contributed by atoms with E-state index in [2.05, 4.69) is 15.5 Å². The van der Waals surface area contributed by atoms with Crippen LogP contribution in [0.3, 0.4) is 0 Å². The predicted molar refractivity (Wildman–Crippen MR) is 93.5 cm³/mol. The first-order chi connectivity index (χ1) is 12.7. The van der Waals surface area contributed by atoms with Crippen molar-refractivity contribution in [1.29, 1.82) is 0 Å².